The average Bonchev–Trinajstić information content (AvgIpc) is 2.71. The number of carbonyl (C=O) groups is 1. The van der Waals surface area contributed by atoms with E-state index >= 15 is 0 Å². The Morgan fingerprint density at radius 2 is 1.80 bits per heavy atom. The lowest BCUT2D eigenvalue weighted by atomic mass is 9.84. The Morgan fingerprint density at radius 1 is 1.13 bits per heavy atom. The van der Waals surface area contributed by atoms with Crippen LogP contribution in [-0.2, 0) is 10.2 Å². The van der Waals surface area contributed by atoms with E-state index in [4.69, 9.17) is 0 Å². The van der Waals surface area contributed by atoms with Crippen LogP contribution in [0.25, 0.3) is 0 Å². The van der Waals surface area contributed by atoms with Crippen LogP contribution < -0.4 is 4.90 Å². The molecule has 160 valence electrons. The van der Waals surface area contributed by atoms with Gasteiger partial charge in [0.2, 0.25) is 0 Å². The number of ether oxygens (including phenoxy) is 1. The summed E-state index contributed by atoms with van der Waals surface area (Å²) in [6, 6.07) is 10.4. The Bertz CT molecular complexity index is 959. The molecule has 0 aliphatic heterocycles. The summed E-state index contributed by atoms with van der Waals surface area (Å²) < 4.78 is 4.62. The van der Waals surface area contributed by atoms with Gasteiger partial charge in [-0.1, -0.05) is 38.7 Å². The first-order chi connectivity index (χ1) is 14.1. The van der Waals surface area contributed by atoms with Crippen molar-refractivity contribution in [3.63, 3.8) is 0 Å². The molecule has 0 heterocycles. The van der Waals surface area contributed by atoms with Crippen molar-refractivity contribution in [3.8, 4) is 17.6 Å². The molecule has 2 N–H and O–H groups in total. The van der Waals surface area contributed by atoms with Crippen molar-refractivity contribution in [1.82, 2.24) is 0 Å². The summed E-state index contributed by atoms with van der Waals surface area (Å²) in [6.07, 6.45) is -0.973. The Morgan fingerprint density at radius 3 is 2.33 bits per heavy atom. The second-order valence-electron chi connectivity index (χ2n) is 8.09. The van der Waals surface area contributed by atoms with Gasteiger partial charge in [0.25, 0.3) is 0 Å². The number of nitrogens with zero attached hydrogens (tertiary/aromatic N) is 1. The van der Waals surface area contributed by atoms with Crippen LogP contribution in [0.3, 0.4) is 0 Å². The Kier molecular flexibility index (Phi) is 7.53. The van der Waals surface area contributed by atoms with Crippen molar-refractivity contribution in [1.29, 1.82) is 0 Å². The van der Waals surface area contributed by atoms with Crippen LogP contribution in [0, 0.1) is 11.8 Å². The molecule has 0 radical (unpaired) electrons. The normalized spacial score (nSPS) is 12.0. The van der Waals surface area contributed by atoms with Gasteiger partial charge in [-0.25, -0.2) is 4.79 Å². The molecule has 0 aliphatic rings. The van der Waals surface area contributed by atoms with Gasteiger partial charge in [0, 0.05) is 24.3 Å². The van der Waals surface area contributed by atoms with Crippen molar-refractivity contribution >= 4 is 11.7 Å². The van der Waals surface area contributed by atoms with Crippen LogP contribution in [0.4, 0.5) is 5.69 Å². The number of aliphatic hydroxyl groups is 1. The van der Waals surface area contributed by atoms with E-state index in [9.17, 15) is 15.0 Å². The van der Waals surface area contributed by atoms with Gasteiger partial charge in [0.1, 0.15) is 17.4 Å². The Balaban J connectivity index is 2.35. The molecule has 0 aliphatic carbocycles. The standard InChI is InChI=1S/C25H31NO4/c1-7-26(8-2)21-13-11-18(16-20(21)25(3,4)5)22(27)14-10-17-9-12-19(23(28)15-17)24(29)30-6/h9,11-13,15-16,22,27-28H,7-8H2,1-6H3. The molecule has 2 aromatic rings. The average molecular weight is 410 g/mol. The molecule has 0 amide bonds. The number of methoxy groups -OCH3 is 1. The number of benzene rings is 2. The van der Waals surface area contributed by atoms with Crippen LogP contribution >= 0.6 is 0 Å². The minimum Gasteiger partial charge on any atom is -0.507 e. The Labute approximate surface area is 179 Å². The topological polar surface area (TPSA) is 70.0 Å². The van der Waals surface area contributed by atoms with Crippen LogP contribution in [0.1, 0.15) is 67.8 Å². The van der Waals surface area contributed by atoms with E-state index in [1.807, 2.05) is 18.2 Å². The fraction of sp³-hybridized carbons (Fsp3) is 0.400. The van der Waals surface area contributed by atoms with E-state index in [-0.39, 0.29) is 16.7 Å². The molecule has 0 spiro atoms. The molecule has 2 rings (SSSR count). The Hall–Kier alpha value is -2.97. The molecule has 0 aromatic heterocycles. The van der Waals surface area contributed by atoms with Crippen molar-refractivity contribution in [2.24, 2.45) is 0 Å². The number of hydrogen-bond donors (Lipinski definition) is 2. The molecule has 0 bridgehead atoms. The van der Waals surface area contributed by atoms with Gasteiger partial charge in [0.15, 0.2) is 0 Å². The third kappa shape index (κ3) is 5.34. The highest BCUT2D eigenvalue weighted by atomic mass is 16.5. The fourth-order valence-electron chi connectivity index (χ4n) is 3.29. The van der Waals surface area contributed by atoms with Crippen molar-refractivity contribution in [3.05, 3.63) is 58.7 Å². The molecule has 1 atom stereocenters. The first kappa shape index (κ1) is 23.3. The number of esters is 1. The van der Waals surface area contributed by atoms with E-state index in [0.29, 0.717) is 5.56 Å². The van der Waals surface area contributed by atoms with Gasteiger partial charge in [-0.2, -0.15) is 0 Å². The summed E-state index contributed by atoms with van der Waals surface area (Å²) in [5.74, 6) is 4.87. The van der Waals surface area contributed by atoms with E-state index in [2.05, 4.69) is 56.1 Å². The van der Waals surface area contributed by atoms with Crippen LogP contribution in [0.5, 0.6) is 5.75 Å². The predicted molar refractivity (Wildman–Crippen MR) is 120 cm³/mol. The van der Waals surface area contributed by atoms with E-state index in [1.165, 1.54) is 24.9 Å². The maximum absolute atomic E-state index is 11.6. The fourth-order valence-corrected chi connectivity index (χ4v) is 3.29. The zero-order valence-electron chi connectivity index (χ0n) is 18.6. The molecule has 0 fully saturated rings. The lowest BCUT2D eigenvalue weighted by Gasteiger charge is -2.31. The summed E-state index contributed by atoms with van der Waals surface area (Å²) in [7, 11) is 1.25. The SMILES string of the molecule is CCN(CC)c1ccc(C(O)C#Cc2ccc(C(=O)OC)c(O)c2)cc1C(C)(C)C. The molecule has 0 saturated heterocycles. The largest absolute Gasteiger partial charge is 0.507 e. The minimum absolute atomic E-state index is 0.0745. The van der Waals surface area contributed by atoms with Gasteiger partial charge in [0.05, 0.1) is 7.11 Å². The summed E-state index contributed by atoms with van der Waals surface area (Å²) in [5, 5.41) is 20.6. The molecule has 1 unspecified atom stereocenters. The van der Waals surface area contributed by atoms with E-state index in [0.717, 1.165) is 24.2 Å². The lowest BCUT2D eigenvalue weighted by Crippen LogP contribution is -2.26. The predicted octanol–water partition coefficient (Wildman–Crippen LogP) is 4.41. The third-order valence-corrected chi connectivity index (χ3v) is 5.00. The van der Waals surface area contributed by atoms with E-state index < -0.39 is 12.1 Å². The lowest BCUT2D eigenvalue weighted by molar-refractivity contribution is 0.0597. The highest BCUT2D eigenvalue weighted by Gasteiger charge is 2.22. The van der Waals surface area contributed by atoms with Crippen molar-refractivity contribution in [2.45, 2.75) is 46.1 Å². The van der Waals surface area contributed by atoms with Crippen LogP contribution in [0.15, 0.2) is 36.4 Å². The molecule has 0 saturated carbocycles. The summed E-state index contributed by atoms with van der Waals surface area (Å²) >= 11 is 0. The van der Waals surface area contributed by atoms with Crippen molar-refractivity contribution < 1.29 is 19.7 Å². The van der Waals surface area contributed by atoms with Gasteiger partial charge in [-0.3, -0.25) is 0 Å². The van der Waals surface area contributed by atoms with Gasteiger partial charge in [-0.05, 0) is 60.7 Å². The highest BCUT2D eigenvalue weighted by Crippen LogP contribution is 2.34. The highest BCUT2D eigenvalue weighted by molar-refractivity contribution is 5.92. The molecule has 5 heteroatoms. The first-order valence-corrected chi connectivity index (χ1v) is 10.1. The van der Waals surface area contributed by atoms with Crippen LogP contribution in [-0.4, -0.2) is 36.4 Å². The summed E-state index contributed by atoms with van der Waals surface area (Å²) in [6.45, 7) is 12.5. The quantitative estimate of drug-likeness (QED) is 0.566. The van der Waals surface area contributed by atoms with Crippen molar-refractivity contribution in [2.75, 3.05) is 25.1 Å². The maximum Gasteiger partial charge on any atom is 0.341 e. The second-order valence-corrected chi connectivity index (χ2v) is 8.09. The van der Waals surface area contributed by atoms with Gasteiger partial charge >= 0.3 is 5.97 Å². The smallest absolute Gasteiger partial charge is 0.341 e. The third-order valence-electron chi connectivity index (χ3n) is 5.00. The zero-order valence-corrected chi connectivity index (χ0v) is 18.6. The molecule has 2 aromatic carbocycles. The number of aromatic hydroxyl groups is 1. The van der Waals surface area contributed by atoms with Crippen LogP contribution in [0.2, 0.25) is 0 Å². The number of carbonyl (C=O) groups excluding carboxylic acids is 1. The van der Waals surface area contributed by atoms with E-state index in [1.54, 1.807) is 6.07 Å². The monoisotopic (exact) mass is 409 g/mol. The number of rotatable bonds is 5. The number of hydrogen-bond acceptors (Lipinski definition) is 5. The first-order valence-electron chi connectivity index (χ1n) is 10.1. The molecule has 5 nitrogen and oxygen atoms in total. The molecular weight excluding hydrogens is 378 g/mol. The number of anilines is 1. The summed E-state index contributed by atoms with van der Waals surface area (Å²) in [5.41, 5.74) is 3.53. The molecule has 30 heavy (non-hydrogen) atoms. The minimum atomic E-state index is -0.973. The number of phenols is 1. The second kappa shape index (κ2) is 9.69. The maximum atomic E-state index is 11.6. The summed E-state index contributed by atoms with van der Waals surface area (Å²) in [4.78, 5) is 13.9. The number of phenolic OH excluding ortho intramolecular Hbond substituents is 1. The van der Waals surface area contributed by atoms with Gasteiger partial charge in [-0.15, -0.1) is 0 Å². The molecular formula is C25H31NO4. The zero-order chi connectivity index (χ0) is 22.5. The number of aliphatic hydroxyl groups excluding tert-OH is 1. The van der Waals surface area contributed by atoms with Gasteiger partial charge < -0.3 is 19.8 Å².